The lowest BCUT2D eigenvalue weighted by atomic mass is 10.0. The highest BCUT2D eigenvalue weighted by atomic mass is 35.5. The van der Waals surface area contributed by atoms with Crippen molar-refractivity contribution in [1.29, 1.82) is 0 Å². The molecule has 5 nitrogen and oxygen atoms in total. The molecule has 1 aromatic carbocycles. The van der Waals surface area contributed by atoms with E-state index in [0.29, 0.717) is 41.7 Å². The summed E-state index contributed by atoms with van der Waals surface area (Å²) in [7, 11) is 0. The molecular weight excluding hydrogens is 385 g/mol. The SMILES string of the molecule is Cl.NC1CCN(C(=O)C2CCCN2C(=O)c2cc(Cl)ccc2Cl)CC1. The number of carbonyl (C=O) groups excluding carboxylic acids is 2. The van der Waals surface area contributed by atoms with Gasteiger partial charge in [0, 0.05) is 30.7 Å². The van der Waals surface area contributed by atoms with Gasteiger partial charge >= 0.3 is 0 Å². The quantitative estimate of drug-likeness (QED) is 0.821. The van der Waals surface area contributed by atoms with E-state index in [1.807, 2.05) is 4.90 Å². The van der Waals surface area contributed by atoms with E-state index in [1.54, 1.807) is 23.1 Å². The lowest BCUT2D eigenvalue weighted by Gasteiger charge is -2.34. The summed E-state index contributed by atoms with van der Waals surface area (Å²) in [6.07, 6.45) is 3.12. The maximum Gasteiger partial charge on any atom is 0.256 e. The van der Waals surface area contributed by atoms with Crippen molar-refractivity contribution in [3.63, 3.8) is 0 Å². The summed E-state index contributed by atoms with van der Waals surface area (Å²) in [6, 6.07) is 4.56. The average molecular weight is 407 g/mol. The van der Waals surface area contributed by atoms with Crippen molar-refractivity contribution in [2.75, 3.05) is 19.6 Å². The molecule has 2 aliphatic rings. The second-order valence-electron chi connectivity index (χ2n) is 6.44. The van der Waals surface area contributed by atoms with Gasteiger partial charge in [-0.1, -0.05) is 23.2 Å². The summed E-state index contributed by atoms with van der Waals surface area (Å²) >= 11 is 12.1. The largest absolute Gasteiger partial charge is 0.341 e. The van der Waals surface area contributed by atoms with Gasteiger partial charge in [-0.2, -0.15) is 0 Å². The van der Waals surface area contributed by atoms with Crippen LogP contribution in [0.4, 0.5) is 0 Å². The molecule has 1 atom stereocenters. The average Bonchev–Trinajstić information content (AvgIpc) is 3.06. The molecule has 0 saturated carbocycles. The monoisotopic (exact) mass is 405 g/mol. The predicted molar refractivity (Wildman–Crippen MR) is 102 cm³/mol. The minimum Gasteiger partial charge on any atom is -0.341 e. The van der Waals surface area contributed by atoms with Crippen LogP contribution in [0.5, 0.6) is 0 Å². The number of hydrogen-bond acceptors (Lipinski definition) is 3. The van der Waals surface area contributed by atoms with Crippen molar-refractivity contribution in [3.05, 3.63) is 33.8 Å². The van der Waals surface area contributed by atoms with Crippen molar-refractivity contribution in [2.24, 2.45) is 5.73 Å². The zero-order valence-electron chi connectivity index (χ0n) is 13.8. The first-order valence-electron chi connectivity index (χ1n) is 8.28. The van der Waals surface area contributed by atoms with Gasteiger partial charge in [-0.25, -0.2) is 0 Å². The van der Waals surface area contributed by atoms with Crippen LogP contribution in [-0.2, 0) is 4.79 Å². The summed E-state index contributed by atoms with van der Waals surface area (Å²) < 4.78 is 0. The van der Waals surface area contributed by atoms with Gasteiger partial charge in [0.1, 0.15) is 6.04 Å². The fourth-order valence-corrected chi connectivity index (χ4v) is 3.78. The van der Waals surface area contributed by atoms with Crippen molar-refractivity contribution in [3.8, 4) is 0 Å². The van der Waals surface area contributed by atoms with Crippen LogP contribution in [0.2, 0.25) is 10.0 Å². The van der Waals surface area contributed by atoms with Gasteiger partial charge in [-0.05, 0) is 43.9 Å². The number of rotatable bonds is 2. The molecule has 0 aromatic heterocycles. The molecule has 0 bridgehead atoms. The molecule has 8 heteroatoms. The fourth-order valence-electron chi connectivity index (χ4n) is 3.41. The Morgan fingerprint density at radius 1 is 1.08 bits per heavy atom. The zero-order chi connectivity index (χ0) is 17.3. The summed E-state index contributed by atoms with van der Waals surface area (Å²) in [4.78, 5) is 29.2. The number of carbonyl (C=O) groups is 2. The number of halogens is 3. The third-order valence-corrected chi connectivity index (χ3v) is 5.37. The number of likely N-dealkylation sites (tertiary alicyclic amines) is 2. The normalized spacial score (nSPS) is 21.2. The topological polar surface area (TPSA) is 66.6 Å². The molecule has 2 heterocycles. The smallest absolute Gasteiger partial charge is 0.256 e. The molecule has 2 saturated heterocycles. The summed E-state index contributed by atoms with van der Waals surface area (Å²) in [6.45, 7) is 1.89. The molecule has 0 spiro atoms. The van der Waals surface area contributed by atoms with E-state index in [1.165, 1.54) is 0 Å². The van der Waals surface area contributed by atoms with Crippen LogP contribution in [0.1, 0.15) is 36.0 Å². The standard InChI is InChI=1S/C17H21Cl2N3O2.ClH/c18-11-3-4-14(19)13(10-11)16(23)22-7-1-2-15(22)17(24)21-8-5-12(20)6-9-21;/h3-4,10,12,15H,1-2,5-9,20H2;1H. The molecule has 0 radical (unpaired) electrons. The van der Waals surface area contributed by atoms with Crippen LogP contribution < -0.4 is 5.73 Å². The number of hydrogen-bond donors (Lipinski definition) is 1. The van der Waals surface area contributed by atoms with E-state index >= 15 is 0 Å². The van der Waals surface area contributed by atoms with Crippen LogP contribution in [0.15, 0.2) is 18.2 Å². The first-order valence-corrected chi connectivity index (χ1v) is 9.03. The van der Waals surface area contributed by atoms with Crippen LogP contribution in [0, 0.1) is 0 Å². The Kier molecular flexibility index (Phi) is 6.97. The Hall–Kier alpha value is -1.01. The van der Waals surface area contributed by atoms with E-state index in [9.17, 15) is 9.59 Å². The number of benzene rings is 1. The van der Waals surface area contributed by atoms with Crippen molar-refractivity contribution >= 4 is 47.4 Å². The molecule has 2 aliphatic heterocycles. The predicted octanol–water partition coefficient (Wildman–Crippen LogP) is 2.97. The molecule has 2 fully saturated rings. The van der Waals surface area contributed by atoms with E-state index in [0.717, 1.165) is 19.3 Å². The second-order valence-corrected chi connectivity index (χ2v) is 7.29. The Bertz CT molecular complexity index is 648. The number of nitrogens with zero attached hydrogens (tertiary/aromatic N) is 2. The Balaban J connectivity index is 0.00000225. The van der Waals surface area contributed by atoms with Gasteiger partial charge in [0.05, 0.1) is 10.6 Å². The highest BCUT2D eigenvalue weighted by Crippen LogP contribution is 2.27. The molecule has 138 valence electrons. The third-order valence-electron chi connectivity index (χ3n) is 4.81. The maximum atomic E-state index is 12.9. The second kappa shape index (κ2) is 8.58. The highest BCUT2D eigenvalue weighted by molar-refractivity contribution is 6.35. The Morgan fingerprint density at radius 2 is 1.76 bits per heavy atom. The Labute approximate surface area is 163 Å². The molecule has 25 heavy (non-hydrogen) atoms. The first kappa shape index (κ1) is 20.3. The lowest BCUT2D eigenvalue weighted by Crippen LogP contribution is -2.51. The van der Waals surface area contributed by atoms with E-state index < -0.39 is 6.04 Å². The minimum absolute atomic E-state index is 0. The molecule has 1 unspecified atom stereocenters. The molecule has 2 amide bonds. The van der Waals surface area contributed by atoms with Gasteiger partial charge in [0.2, 0.25) is 5.91 Å². The van der Waals surface area contributed by atoms with Gasteiger partial charge in [-0.15, -0.1) is 12.4 Å². The molecule has 2 N–H and O–H groups in total. The maximum absolute atomic E-state index is 12.9. The Morgan fingerprint density at radius 3 is 2.44 bits per heavy atom. The number of nitrogens with two attached hydrogens (primary N) is 1. The minimum atomic E-state index is -0.415. The molecular formula is C17H22Cl3N3O2. The van der Waals surface area contributed by atoms with Gasteiger partial charge in [0.25, 0.3) is 5.91 Å². The fraction of sp³-hybridized carbons (Fsp3) is 0.529. The van der Waals surface area contributed by atoms with Crippen LogP contribution >= 0.6 is 35.6 Å². The number of piperidine rings is 1. The third kappa shape index (κ3) is 4.40. The molecule has 0 aliphatic carbocycles. The first-order chi connectivity index (χ1) is 11.5. The van der Waals surface area contributed by atoms with Gasteiger partial charge < -0.3 is 15.5 Å². The van der Waals surface area contributed by atoms with E-state index in [2.05, 4.69) is 0 Å². The van der Waals surface area contributed by atoms with Crippen molar-refractivity contribution < 1.29 is 9.59 Å². The van der Waals surface area contributed by atoms with Crippen LogP contribution in [0.25, 0.3) is 0 Å². The summed E-state index contributed by atoms with van der Waals surface area (Å²) in [5, 5.41) is 0.807. The zero-order valence-corrected chi connectivity index (χ0v) is 16.1. The number of amides is 2. The summed E-state index contributed by atoms with van der Waals surface area (Å²) in [5.41, 5.74) is 6.25. The van der Waals surface area contributed by atoms with Gasteiger partial charge in [-0.3, -0.25) is 9.59 Å². The highest BCUT2D eigenvalue weighted by Gasteiger charge is 2.38. The van der Waals surface area contributed by atoms with Crippen molar-refractivity contribution in [1.82, 2.24) is 9.80 Å². The van der Waals surface area contributed by atoms with Gasteiger partial charge in [0.15, 0.2) is 0 Å². The van der Waals surface area contributed by atoms with Crippen molar-refractivity contribution in [2.45, 2.75) is 37.8 Å². The van der Waals surface area contributed by atoms with E-state index in [-0.39, 0.29) is 30.3 Å². The summed E-state index contributed by atoms with van der Waals surface area (Å²) in [5.74, 6) is -0.210. The molecule has 3 rings (SSSR count). The van der Waals surface area contributed by atoms with Crippen LogP contribution in [0.3, 0.4) is 0 Å². The van der Waals surface area contributed by atoms with Crippen LogP contribution in [-0.4, -0.2) is 53.3 Å². The van der Waals surface area contributed by atoms with E-state index in [4.69, 9.17) is 28.9 Å². The molecule has 1 aromatic rings. The lowest BCUT2D eigenvalue weighted by molar-refractivity contribution is -0.136.